The van der Waals surface area contributed by atoms with Crippen molar-refractivity contribution in [2.24, 2.45) is 18.0 Å². The molecule has 206 valence electrons. The van der Waals surface area contributed by atoms with E-state index in [0.717, 1.165) is 73.7 Å². The fraction of sp³-hybridized carbons (Fsp3) is 0.484. The van der Waals surface area contributed by atoms with E-state index in [-0.39, 0.29) is 11.7 Å². The van der Waals surface area contributed by atoms with Crippen LogP contribution in [0.4, 0.5) is 0 Å². The maximum atomic E-state index is 14.0. The Balaban J connectivity index is 1.32. The number of Topliss-reactive ketones (excluding diaryl/α,β-unsaturated/α-hetero) is 1. The molecule has 8 heteroatoms. The minimum Gasteiger partial charge on any atom is -0.360 e. The van der Waals surface area contributed by atoms with Crippen LogP contribution in [0.15, 0.2) is 59.4 Å². The minimum absolute atomic E-state index is 0.0310. The number of aryl methyl sites for hydroxylation is 1. The number of likely N-dealkylation sites (tertiary alicyclic amines) is 1. The van der Waals surface area contributed by atoms with Gasteiger partial charge in [-0.1, -0.05) is 37.3 Å². The van der Waals surface area contributed by atoms with Crippen molar-refractivity contribution in [2.45, 2.75) is 58.5 Å². The first-order valence-corrected chi connectivity index (χ1v) is 14.0. The first-order valence-electron chi connectivity index (χ1n) is 14.0. The van der Waals surface area contributed by atoms with Crippen molar-refractivity contribution in [3.63, 3.8) is 0 Å². The zero-order valence-electron chi connectivity index (χ0n) is 23.7. The van der Waals surface area contributed by atoms with Gasteiger partial charge >= 0.3 is 0 Å². The number of amidine groups is 1. The molecule has 0 saturated carbocycles. The summed E-state index contributed by atoms with van der Waals surface area (Å²) in [5.74, 6) is 1.64. The van der Waals surface area contributed by atoms with E-state index in [0.29, 0.717) is 24.6 Å². The summed E-state index contributed by atoms with van der Waals surface area (Å²) in [6, 6.07) is 7.63. The van der Waals surface area contributed by atoms with Gasteiger partial charge in [-0.2, -0.15) is 5.10 Å². The molecule has 1 amide bonds. The van der Waals surface area contributed by atoms with Crippen LogP contribution >= 0.6 is 0 Å². The number of piperazine rings is 1. The third-order valence-corrected chi connectivity index (χ3v) is 8.39. The summed E-state index contributed by atoms with van der Waals surface area (Å²) in [5.41, 5.74) is 5.00. The molecule has 39 heavy (non-hydrogen) atoms. The number of nitrogens with one attached hydrogen (secondary N) is 1. The average molecular weight is 529 g/mol. The number of aromatic nitrogens is 2. The third-order valence-electron chi connectivity index (χ3n) is 8.39. The number of allylic oxidation sites excluding steroid dienone is 2. The van der Waals surface area contributed by atoms with E-state index in [2.05, 4.69) is 36.7 Å². The summed E-state index contributed by atoms with van der Waals surface area (Å²) >= 11 is 0. The number of amides is 1. The second-order valence-electron chi connectivity index (χ2n) is 11.4. The van der Waals surface area contributed by atoms with Crippen molar-refractivity contribution in [1.82, 2.24) is 24.9 Å². The van der Waals surface area contributed by atoms with Gasteiger partial charge in [0.15, 0.2) is 5.78 Å². The van der Waals surface area contributed by atoms with E-state index in [1.807, 2.05) is 42.4 Å². The van der Waals surface area contributed by atoms with Gasteiger partial charge in [-0.05, 0) is 57.2 Å². The summed E-state index contributed by atoms with van der Waals surface area (Å²) in [6.07, 6.45) is 7.67. The maximum Gasteiger partial charge on any atom is 0.243 e. The maximum absolute atomic E-state index is 14.0. The lowest BCUT2D eigenvalue weighted by Gasteiger charge is -2.48. The molecule has 0 radical (unpaired) electrons. The van der Waals surface area contributed by atoms with Crippen LogP contribution in [0.25, 0.3) is 11.1 Å². The number of ketones is 1. The Hall–Kier alpha value is -3.52. The summed E-state index contributed by atoms with van der Waals surface area (Å²) in [4.78, 5) is 35.1. The lowest BCUT2D eigenvalue weighted by Crippen LogP contribution is -2.67. The fourth-order valence-electron chi connectivity index (χ4n) is 6.15. The van der Waals surface area contributed by atoms with E-state index in [9.17, 15) is 9.59 Å². The molecule has 1 unspecified atom stereocenters. The van der Waals surface area contributed by atoms with Gasteiger partial charge in [0.2, 0.25) is 5.91 Å². The number of hydrogen-bond donors (Lipinski definition) is 1. The molecule has 3 aliphatic rings. The Morgan fingerprint density at radius 1 is 1.23 bits per heavy atom. The number of benzene rings is 1. The summed E-state index contributed by atoms with van der Waals surface area (Å²) in [5, 5.41) is 8.31. The van der Waals surface area contributed by atoms with Crippen molar-refractivity contribution >= 4 is 17.5 Å². The predicted molar refractivity (Wildman–Crippen MR) is 154 cm³/mol. The van der Waals surface area contributed by atoms with Crippen molar-refractivity contribution in [3.8, 4) is 11.1 Å². The first-order chi connectivity index (χ1) is 18.6. The molecule has 1 aromatic carbocycles. The topological polar surface area (TPSA) is 82.8 Å². The van der Waals surface area contributed by atoms with Crippen molar-refractivity contribution in [1.29, 1.82) is 0 Å². The monoisotopic (exact) mass is 528 g/mol. The fourth-order valence-corrected chi connectivity index (χ4v) is 6.15. The Bertz CT molecular complexity index is 1340. The number of carbonyl (C=O) groups excluding carboxylic acids is 2. The lowest BCUT2D eigenvalue weighted by molar-refractivity contribution is -0.144. The van der Waals surface area contributed by atoms with Crippen LogP contribution in [-0.4, -0.2) is 68.8 Å². The lowest BCUT2D eigenvalue weighted by atomic mass is 9.83. The van der Waals surface area contributed by atoms with Crippen LogP contribution in [0.5, 0.6) is 0 Å². The summed E-state index contributed by atoms with van der Waals surface area (Å²) in [6.45, 7) is 13.5. The van der Waals surface area contributed by atoms with Gasteiger partial charge in [-0.25, -0.2) is 4.99 Å². The SMILES string of the molecule is C=C1/C=C(/C)CCC(C)C(N2CCC3(CC2)NCCN(Cc2nn(C)cc2-c2cccc(C(C)=O)c2)C3=O)=N1. The van der Waals surface area contributed by atoms with E-state index >= 15 is 0 Å². The highest BCUT2D eigenvalue weighted by atomic mass is 16.2. The minimum atomic E-state index is -0.558. The van der Waals surface area contributed by atoms with Crippen LogP contribution in [0.2, 0.25) is 0 Å². The zero-order valence-corrected chi connectivity index (χ0v) is 23.7. The van der Waals surface area contributed by atoms with Crippen LogP contribution in [0, 0.1) is 5.92 Å². The molecule has 4 heterocycles. The highest BCUT2D eigenvalue weighted by molar-refractivity contribution is 5.95. The van der Waals surface area contributed by atoms with Crippen LogP contribution in [0.3, 0.4) is 0 Å². The molecule has 2 fully saturated rings. The highest BCUT2D eigenvalue weighted by Gasteiger charge is 2.46. The molecular weight excluding hydrogens is 488 g/mol. The molecule has 2 aromatic rings. The average Bonchev–Trinajstić information content (AvgIpc) is 3.28. The Morgan fingerprint density at radius 2 is 2.00 bits per heavy atom. The molecule has 0 aliphatic carbocycles. The molecule has 2 saturated heterocycles. The van der Waals surface area contributed by atoms with Gasteiger partial charge in [-0.3, -0.25) is 14.3 Å². The van der Waals surface area contributed by atoms with Crippen molar-refractivity contribution < 1.29 is 9.59 Å². The summed E-state index contributed by atoms with van der Waals surface area (Å²) < 4.78 is 1.79. The Labute approximate surface area is 231 Å². The van der Waals surface area contributed by atoms with E-state index in [1.54, 1.807) is 11.6 Å². The summed E-state index contributed by atoms with van der Waals surface area (Å²) in [7, 11) is 1.89. The van der Waals surface area contributed by atoms with Gasteiger partial charge in [0, 0.05) is 56.5 Å². The smallest absolute Gasteiger partial charge is 0.243 e. The molecule has 1 spiro atoms. The van der Waals surface area contributed by atoms with Crippen LogP contribution < -0.4 is 5.32 Å². The predicted octanol–water partition coefficient (Wildman–Crippen LogP) is 4.34. The molecule has 1 N–H and O–H groups in total. The molecule has 1 aromatic heterocycles. The normalized spacial score (nSPS) is 23.2. The highest BCUT2D eigenvalue weighted by Crippen LogP contribution is 2.32. The number of piperidine rings is 1. The van der Waals surface area contributed by atoms with Crippen LogP contribution in [0.1, 0.15) is 62.5 Å². The van der Waals surface area contributed by atoms with E-state index < -0.39 is 5.54 Å². The van der Waals surface area contributed by atoms with Crippen LogP contribution in [-0.2, 0) is 18.4 Å². The van der Waals surface area contributed by atoms with Gasteiger partial charge in [-0.15, -0.1) is 0 Å². The van der Waals surface area contributed by atoms with Gasteiger partial charge in [0.1, 0.15) is 11.4 Å². The van der Waals surface area contributed by atoms with Gasteiger partial charge < -0.3 is 15.1 Å². The number of aliphatic imine (C=N–C) groups is 1. The Morgan fingerprint density at radius 3 is 2.74 bits per heavy atom. The molecule has 1 atom stereocenters. The number of nitrogens with zero attached hydrogens (tertiary/aromatic N) is 5. The molecule has 8 nitrogen and oxygen atoms in total. The zero-order chi connectivity index (χ0) is 27.7. The second-order valence-corrected chi connectivity index (χ2v) is 11.4. The number of hydrogen-bond acceptors (Lipinski definition) is 6. The first kappa shape index (κ1) is 27.1. The molecule has 0 bridgehead atoms. The largest absolute Gasteiger partial charge is 0.360 e. The molecule has 5 rings (SSSR count). The quantitative estimate of drug-likeness (QED) is 0.597. The van der Waals surface area contributed by atoms with Crippen molar-refractivity contribution in [3.05, 3.63) is 65.6 Å². The second kappa shape index (κ2) is 10.9. The molecular formula is C31H40N6O2. The van der Waals surface area contributed by atoms with Crippen molar-refractivity contribution in [2.75, 3.05) is 26.2 Å². The van der Waals surface area contributed by atoms with Gasteiger partial charge in [0.05, 0.1) is 17.9 Å². The third kappa shape index (κ3) is 5.62. The number of carbonyl (C=O) groups is 2. The van der Waals surface area contributed by atoms with Gasteiger partial charge in [0.25, 0.3) is 0 Å². The molecule has 3 aliphatic heterocycles. The standard InChI is InChI=1S/C31H40N6O2/c1-21-9-10-22(2)29(33-23(3)17-21)36-14-11-31(12-15-36)30(39)37(16-13-32-31)20-28-27(19-35(5)34-28)26-8-6-7-25(18-26)24(4)38/h6-8,17-19,22,32H,3,9-16,20H2,1-2,4-5H3/b21-17-,33-29?. The van der Waals surface area contributed by atoms with E-state index in [4.69, 9.17) is 10.1 Å². The number of rotatable bonds is 4. The Kier molecular flexibility index (Phi) is 7.58. The van der Waals surface area contributed by atoms with E-state index in [1.165, 1.54) is 5.57 Å².